The van der Waals surface area contributed by atoms with E-state index in [1.165, 1.54) is 22.7 Å². The number of rotatable bonds is 7. The Morgan fingerprint density at radius 1 is 1.00 bits per heavy atom. The average molecular weight is 796 g/mol. The molecule has 5 heterocycles. The average Bonchev–Trinajstić information content (AvgIpc) is 3.71. The molecule has 1 spiro atoms. The molecule has 3 aromatic heterocycles. The quantitative estimate of drug-likeness (QED) is 0.209. The van der Waals surface area contributed by atoms with Crippen molar-refractivity contribution in [2.24, 2.45) is 0 Å². The molecule has 298 valence electrons. The number of anilines is 1. The molecule has 5 aromatic rings. The van der Waals surface area contributed by atoms with Gasteiger partial charge in [0.1, 0.15) is 30.3 Å². The van der Waals surface area contributed by atoms with Crippen molar-refractivity contribution >= 4 is 23.3 Å². The summed E-state index contributed by atoms with van der Waals surface area (Å²) in [6.07, 6.45) is -1.72. The van der Waals surface area contributed by atoms with E-state index >= 15 is 8.78 Å². The number of nitrogens with one attached hydrogen (secondary N) is 1. The smallest absolute Gasteiger partial charge is 0.416 e. The Balaban J connectivity index is 1.19. The Morgan fingerprint density at radius 3 is 2.40 bits per heavy atom. The largest absolute Gasteiger partial charge is 0.504 e. The number of aromatic hydroxyl groups is 1. The third-order valence-electron chi connectivity index (χ3n) is 11.3. The second-order valence-corrected chi connectivity index (χ2v) is 14.9. The van der Waals surface area contributed by atoms with Crippen LogP contribution >= 0.6 is 0 Å². The van der Waals surface area contributed by atoms with E-state index in [1.807, 2.05) is 11.8 Å². The van der Waals surface area contributed by atoms with E-state index in [0.717, 1.165) is 42.2 Å². The van der Waals surface area contributed by atoms with E-state index in [1.54, 1.807) is 0 Å². The molecule has 19 heteroatoms. The summed E-state index contributed by atoms with van der Waals surface area (Å²) in [4.78, 5) is 57.4. The fourth-order valence-corrected chi connectivity index (χ4v) is 8.29. The van der Waals surface area contributed by atoms with Gasteiger partial charge < -0.3 is 19.9 Å². The van der Waals surface area contributed by atoms with Gasteiger partial charge in [-0.3, -0.25) is 19.3 Å². The highest BCUT2D eigenvalue weighted by atomic mass is 19.4. The highest BCUT2D eigenvalue weighted by Crippen LogP contribution is 2.50. The maximum absolute atomic E-state index is 15.7. The lowest BCUT2D eigenvalue weighted by atomic mass is 9.73. The van der Waals surface area contributed by atoms with Crippen LogP contribution in [0.15, 0.2) is 41.5 Å². The van der Waals surface area contributed by atoms with Crippen LogP contribution in [-0.2, 0) is 29.5 Å². The van der Waals surface area contributed by atoms with Crippen molar-refractivity contribution in [2.45, 2.75) is 70.1 Å². The zero-order valence-electron chi connectivity index (χ0n) is 30.6. The molecule has 2 aliphatic heterocycles. The number of halogens is 6. The Hall–Kier alpha value is -5.85. The summed E-state index contributed by atoms with van der Waals surface area (Å²) in [5.74, 6) is -5.56. The number of nitrogens with zero attached hydrogens (tertiary/aromatic N) is 8. The van der Waals surface area contributed by atoms with Crippen LogP contribution in [0.1, 0.15) is 77.1 Å². The number of carbonyl (C=O) groups excluding carboxylic acids is 2. The maximum atomic E-state index is 15.7. The molecule has 1 aliphatic carbocycles. The lowest BCUT2D eigenvalue weighted by Crippen LogP contribution is -2.46. The first-order chi connectivity index (χ1) is 27.0. The molecule has 0 radical (unpaired) electrons. The van der Waals surface area contributed by atoms with Gasteiger partial charge in [0.15, 0.2) is 17.3 Å². The van der Waals surface area contributed by atoms with Crippen LogP contribution < -0.4 is 10.9 Å². The molecule has 2 aromatic carbocycles. The number of fused-ring (bicyclic) bond motifs is 3. The molecule has 2 amide bonds. The summed E-state index contributed by atoms with van der Waals surface area (Å²) >= 11 is 0. The molecule has 13 nitrogen and oxygen atoms in total. The van der Waals surface area contributed by atoms with Gasteiger partial charge >= 0.3 is 6.18 Å². The topological polar surface area (TPSA) is 151 Å². The highest BCUT2D eigenvalue weighted by molar-refractivity contribution is 5.95. The van der Waals surface area contributed by atoms with Crippen molar-refractivity contribution in [1.82, 2.24) is 38.9 Å². The number of hydrogen-bond donors (Lipinski definition) is 2. The van der Waals surface area contributed by atoms with Crippen LogP contribution in [0.5, 0.6) is 5.75 Å². The Kier molecular flexibility index (Phi) is 9.32. The van der Waals surface area contributed by atoms with E-state index in [4.69, 9.17) is 0 Å². The normalized spacial score (nSPS) is 17.9. The summed E-state index contributed by atoms with van der Waals surface area (Å²) in [6, 6.07) is 3.68. The molecule has 2 saturated heterocycles. The minimum atomic E-state index is -4.82. The minimum absolute atomic E-state index is 0.135. The molecule has 1 atom stereocenters. The first-order valence-corrected chi connectivity index (χ1v) is 18.3. The van der Waals surface area contributed by atoms with Crippen molar-refractivity contribution in [1.29, 1.82) is 0 Å². The predicted octanol–water partition coefficient (Wildman–Crippen LogP) is 5.32. The number of piperidine rings is 1. The lowest BCUT2D eigenvalue weighted by molar-refractivity contribution is -0.137. The van der Waals surface area contributed by atoms with Gasteiger partial charge in [-0.2, -0.15) is 22.7 Å². The van der Waals surface area contributed by atoms with Gasteiger partial charge in [0.2, 0.25) is 11.7 Å². The monoisotopic (exact) mass is 795 g/mol. The van der Waals surface area contributed by atoms with Crippen LogP contribution in [-0.4, -0.2) is 82.0 Å². The zero-order chi connectivity index (χ0) is 40.6. The van der Waals surface area contributed by atoms with E-state index < -0.39 is 70.1 Å². The van der Waals surface area contributed by atoms with Crippen molar-refractivity contribution in [3.63, 3.8) is 0 Å². The molecule has 1 unspecified atom stereocenters. The molecule has 2 fully saturated rings. The van der Waals surface area contributed by atoms with E-state index in [9.17, 15) is 37.1 Å². The summed E-state index contributed by atoms with van der Waals surface area (Å²) in [6.45, 7) is 4.79. The van der Waals surface area contributed by atoms with Crippen LogP contribution in [0.3, 0.4) is 0 Å². The van der Waals surface area contributed by atoms with E-state index in [2.05, 4.69) is 25.4 Å². The zero-order valence-corrected chi connectivity index (χ0v) is 30.6. The summed E-state index contributed by atoms with van der Waals surface area (Å²) in [7, 11) is 0. The summed E-state index contributed by atoms with van der Waals surface area (Å²) in [5.41, 5.74) is -2.70. The Labute approximate surface area is 320 Å². The first kappa shape index (κ1) is 38.0. The van der Waals surface area contributed by atoms with Crippen molar-refractivity contribution < 1.29 is 41.0 Å². The maximum Gasteiger partial charge on any atom is 0.416 e. The molecule has 0 bridgehead atoms. The Bertz CT molecular complexity index is 2530. The van der Waals surface area contributed by atoms with E-state index in [-0.39, 0.29) is 84.0 Å². The van der Waals surface area contributed by atoms with Crippen molar-refractivity contribution in [3.05, 3.63) is 98.2 Å². The fourth-order valence-electron chi connectivity index (χ4n) is 8.29. The number of benzene rings is 2. The highest BCUT2D eigenvalue weighted by Gasteiger charge is 2.49. The summed E-state index contributed by atoms with van der Waals surface area (Å²) < 4.78 is 87.7. The molecular weight excluding hydrogens is 760 g/mol. The standard InChI is InChI=1S/C38H35F6N9O4/c1-19-15-37(6-10-51(11-7-37)35(57)30-32(55)20(2)45-18-46-30)29-31(19)52(17-28(54)47-27-5-4-22(13-26(27)41)38(42,43)44)36-48-33(49-53(36)34(29)56)23-14-24(39)21(12-25(23)40)16-50-8-3-9-50/h4-5,12-14,18-19,55H,3,6-11,15-17H2,1-2H3,(H,47,54). The van der Waals surface area contributed by atoms with Gasteiger partial charge in [-0.1, -0.05) is 6.92 Å². The molecule has 0 saturated carbocycles. The van der Waals surface area contributed by atoms with Gasteiger partial charge in [0, 0.05) is 41.9 Å². The van der Waals surface area contributed by atoms with Gasteiger partial charge in [0.25, 0.3) is 11.5 Å². The molecular formula is C38H35F6N9O4. The minimum Gasteiger partial charge on any atom is -0.504 e. The second-order valence-electron chi connectivity index (χ2n) is 14.9. The predicted molar refractivity (Wildman–Crippen MR) is 191 cm³/mol. The third kappa shape index (κ3) is 6.66. The van der Waals surface area contributed by atoms with Crippen LogP contribution in [0.25, 0.3) is 17.2 Å². The van der Waals surface area contributed by atoms with Crippen LogP contribution in [0.4, 0.5) is 32.0 Å². The first-order valence-electron chi connectivity index (χ1n) is 18.3. The lowest BCUT2D eigenvalue weighted by Gasteiger charge is -2.39. The van der Waals surface area contributed by atoms with Gasteiger partial charge in [-0.05, 0) is 81.9 Å². The third-order valence-corrected chi connectivity index (χ3v) is 11.3. The number of alkyl halides is 3. The molecule has 2 N–H and O–H groups in total. The molecule has 57 heavy (non-hydrogen) atoms. The van der Waals surface area contributed by atoms with Gasteiger partial charge in [-0.15, -0.1) is 5.10 Å². The van der Waals surface area contributed by atoms with Crippen molar-refractivity contribution in [3.8, 4) is 17.1 Å². The second kappa shape index (κ2) is 14.0. The van der Waals surface area contributed by atoms with Crippen LogP contribution in [0.2, 0.25) is 0 Å². The number of aromatic nitrogens is 6. The fraction of sp³-hybridized carbons (Fsp3) is 0.395. The van der Waals surface area contributed by atoms with E-state index in [0.29, 0.717) is 18.2 Å². The van der Waals surface area contributed by atoms with Crippen molar-refractivity contribution in [2.75, 3.05) is 31.5 Å². The number of amides is 2. The number of likely N-dealkylation sites (tertiary alicyclic amines) is 2. The number of carbonyl (C=O) groups is 2. The summed E-state index contributed by atoms with van der Waals surface area (Å²) in [5, 5.41) is 17.1. The Morgan fingerprint density at radius 2 is 1.74 bits per heavy atom. The van der Waals surface area contributed by atoms with Crippen LogP contribution in [0, 0.1) is 24.4 Å². The SMILES string of the molecule is Cc1ncnc(C(=O)N2CCC3(CC2)CC(C)c2c3c(=O)n3nc(-c4cc(F)c(CN5CCC5)cc4F)nc3n2CC(=O)Nc2ccc(C(F)(F)F)cc2F)c1O. The molecule has 3 aliphatic rings. The number of aryl methyl sites for hydroxylation is 1. The van der Waals surface area contributed by atoms with Gasteiger partial charge in [-0.25, -0.2) is 23.1 Å². The molecule has 8 rings (SSSR count). The number of hydrogen-bond acceptors (Lipinski definition) is 9. The van der Waals surface area contributed by atoms with Gasteiger partial charge in [0.05, 0.1) is 22.5 Å².